The quantitative estimate of drug-likeness (QED) is 0.669. The van der Waals surface area contributed by atoms with Crippen molar-refractivity contribution in [1.29, 1.82) is 0 Å². The number of benzene rings is 1. The first kappa shape index (κ1) is 13.4. The zero-order valence-corrected chi connectivity index (χ0v) is 10.8. The lowest BCUT2D eigenvalue weighted by Crippen LogP contribution is -1.87. The lowest BCUT2D eigenvalue weighted by molar-refractivity contribution is 0.475. The van der Waals surface area contributed by atoms with Gasteiger partial charge in [-0.2, -0.15) is 0 Å². The Hall–Kier alpha value is -0.690. The summed E-state index contributed by atoms with van der Waals surface area (Å²) in [4.78, 5) is 0. The summed E-state index contributed by atoms with van der Waals surface area (Å²) in [5.74, 6) is 0.247. The second-order valence-corrected chi connectivity index (χ2v) is 4.70. The standard InChI is InChI=1S/C14H21ClO/c1-2-3-4-5-6-7-8-12-9-10-13(16)11-14(12)15/h9-11,16H,2-8H2,1H3. The molecule has 0 aromatic heterocycles. The molecule has 1 aromatic carbocycles. The molecule has 1 aromatic rings. The summed E-state index contributed by atoms with van der Waals surface area (Å²) in [6.07, 6.45) is 8.80. The highest BCUT2D eigenvalue weighted by Crippen LogP contribution is 2.23. The Labute approximate surface area is 103 Å². The number of halogens is 1. The van der Waals surface area contributed by atoms with Crippen molar-refractivity contribution in [3.05, 3.63) is 28.8 Å². The van der Waals surface area contributed by atoms with Gasteiger partial charge in [0.1, 0.15) is 5.75 Å². The van der Waals surface area contributed by atoms with Gasteiger partial charge in [-0.1, -0.05) is 56.7 Å². The highest BCUT2D eigenvalue weighted by atomic mass is 35.5. The summed E-state index contributed by atoms with van der Waals surface area (Å²) in [5, 5.41) is 9.91. The van der Waals surface area contributed by atoms with Crippen molar-refractivity contribution in [3.8, 4) is 5.75 Å². The number of unbranched alkanes of at least 4 members (excludes halogenated alkanes) is 5. The molecule has 1 N–H and O–H groups in total. The minimum atomic E-state index is 0.247. The zero-order chi connectivity index (χ0) is 11.8. The fraction of sp³-hybridized carbons (Fsp3) is 0.571. The Morgan fingerprint density at radius 1 is 1.06 bits per heavy atom. The van der Waals surface area contributed by atoms with Crippen LogP contribution in [0.5, 0.6) is 5.75 Å². The van der Waals surface area contributed by atoms with Crippen LogP contribution in [0.4, 0.5) is 0 Å². The number of aryl methyl sites for hydroxylation is 1. The first-order chi connectivity index (χ1) is 7.74. The summed E-state index contributed by atoms with van der Waals surface area (Å²) in [7, 11) is 0. The minimum Gasteiger partial charge on any atom is -0.508 e. The van der Waals surface area contributed by atoms with Crippen LogP contribution in [-0.2, 0) is 6.42 Å². The van der Waals surface area contributed by atoms with Gasteiger partial charge in [0.05, 0.1) is 0 Å². The molecule has 0 amide bonds. The van der Waals surface area contributed by atoms with Gasteiger partial charge in [-0.05, 0) is 30.5 Å². The van der Waals surface area contributed by atoms with Gasteiger partial charge in [0.2, 0.25) is 0 Å². The van der Waals surface area contributed by atoms with Crippen LogP contribution in [-0.4, -0.2) is 5.11 Å². The van der Waals surface area contributed by atoms with Crippen molar-refractivity contribution >= 4 is 11.6 Å². The predicted molar refractivity (Wildman–Crippen MR) is 70.2 cm³/mol. The van der Waals surface area contributed by atoms with E-state index in [9.17, 15) is 5.11 Å². The van der Waals surface area contributed by atoms with Gasteiger partial charge in [0.15, 0.2) is 0 Å². The summed E-state index contributed by atoms with van der Waals surface area (Å²) in [6.45, 7) is 2.23. The largest absolute Gasteiger partial charge is 0.508 e. The maximum absolute atomic E-state index is 9.22. The van der Waals surface area contributed by atoms with Crippen molar-refractivity contribution in [1.82, 2.24) is 0 Å². The first-order valence-electron chi connectivity index (χ1n) is 6.21. The van der Waals surface area contributed by atoms with Gasteiger partial charge in [0.25, 0.3) is 0 Å². The van der Waals surface area contributed by atoms with E-state index in [1.54, 1.807) is 12.1 Å². The number of phenolic OH excluding ortho intramolecular Hbond substituents is 1. The third-order valence-electron chi connectivity index (χ3n) is 2.84. The van der Waals surface area contributed by atoms with Crippen LogP contribution in [0.1, 0.15) is 51.0 Å². The smallest absolute Gasteiger partial charge is 0.117 e. The number of aromatic hydroxyl groups is 1. The molecule has 0 atom stereocenters. The second kappa shape index (κ2) is 7.56. The topological polar surface area (TPSA) is 20.2 Å². The molecule has 0 aliphatic carbocycles. The molecule has 0 heterocycles. The van der Waals surface area contributed by atoms with Crippen LogP contribution in [0.2, 0.25) is 5.02 Å². The minimum absolute atomic E-state index is 0.247. The molecule has 0 unspecified atom stereocenters. The fourth-order valence-electron chi connectivity index (χ4n) is 1.83. The molecule has 0 saturated heterocycles. The Morgan fingerprint density at radius 3 is 2.44 bits per heavy atom. The lowest BCUT2D eigenvalue weighted by atomic mass is 10.0. The predicted octanol–water partition coefficient (Wildman–Crippen LogP) is 4.95. The van der Waals surface area contributed by atoms with E-state index >= 15 is 0 Å². The van der Waals surface area contributed by atoms with Gasteiger partial charge >= 0.3 is 0 Å². The normalized spacial score (nSPS) is 10.6. The monoisotopic (exact) mass is 240 g/mol. The molecule has 1 rings (SSSR count). The summed E-state index contributed by atoms with van der Waals surface area (Å²) >= 11 is 6.03. The van der Waals surface area contributed by atoms with Crippen LogP contribution in [0.15, 0.2) is 18.2 Å². The second-order valence-electron chi connectivity index (χ2n) is 4.29. The highest BCUT2D eigenvalue weighted by Gasteiger charge is 2.01. The van der Waals surface area contributed by atoms with Gasteiger partial charge < -0.3 is 5.11 Å². The van der Waals surface area contributed by atoms with Crippen molar-refractivity contribution < 1.29 is 5.11 Å². The number of hydrogen-bond acceptors (Lipinski definition) is 1. The van der Waals surface area contributed by atoms with E-state index in [0.717, 1.165) is 12.0 Å². The van der Waals surface area contributed by atoms with E-state index < -0.39 is 0 Å². The molecular weight excluding hydrogens is 220 g/mol. The Morgan fingerprint density at radius 2 is 1.75 bits per heavy atom. The molecule has 0 fully saturated rings. The molecular formula is C14H21ClO. The lowest BCUT2D eigenvalue weighted by Gasteiger charge is -2.04. The van der Waals surface area contributed by atoms with E-state index in [4.69, 9.17) is 11.6 Å². The third-order valence-corrected chi connectivity index (χ3v) is 3.19. The average Bonchev–Trinajstić information content (AvgIpc) is 2.26. The van der Waals surface area contributed by atoms with E-state index in [-0.39, 0.29) is 5.75 Å². The van der Waals surface area contributed by atoms with Crippen molar-refractivity contribution in [3.63, 3.8) is 0 Å². The summed E-state index contributed by atoms with van der Waals surface area (Å²) in [5.41, 5.74) is 1.15. The van der Waals surface area contributed by atoms with Gasteiger partial charge in [0, 0.05) is 5.02 Å². The van der Waals surface area contributed by atoms with Gasteiger partial charge in [-0.25, -0.2) is 0 Å². The summed E-state index contributed by atoms with van der Waals surface area (Å²) in [6, 6.07) is 5.25. The Kier molecular flexibility index (Phi) is 6.32. The number of rotatable bonds is 7. The van der Waals surface area contributed by atoms with Crippen LogP contribution in [0, 0.1) is 0 Å². The third kappa shape index (κ3) is 4.89. The fourth-order valence-corrected chi connectivity index (χ4v) is 2.10. The molecule has 1 nitrogen and oxygen atoms in total. The number of phenols is 1. The molecule has 0 aliphatic heterocycles. The van der Waals surface area contributed by atoms with E-state index in [2.05, 4.69) is 6.92 Å². The number of hydrogen-bond donors (Lipinski definition) is 1. The van der Waals surface area contributed by atoms with Crippen LogP contribution >= 0.6 is 11.6 Å². The molecule has 0 saturated carbocycles. The van der Waals surface area contributed by atoms with Gasteiger partial charge in [-0.15, -0.1) is 0 Å². The molecule has 0 aliphatic rings. The maximum Gasteiger partial charge on any atom is 0.117 e. The molecule has 0 bridgehead atoms. The highest BCUT2D eigenvalue weighted by molar-refractivity contribution is 6.31. The van der Waals surface area contributed by atoms with E-state index in [1.165, 1.54) is 38.5 Å². The van der Waals surface area contributed by atoms with Crippen LogP contribution in [0.25, 0.3) is 0 Å². The molecule has 0 radical (unpaired) electrons. The molecule has 90 valence electrons. The van der Waals surface area contributed by atoms with Crippen molar-refractivity contribution in [2.24, 2.45) is 0 Å². The zero-order valence-electron chi connectivity index (χ0n) is 10.0. The van der Waals surface area contributed by atoms with Crippen molar-refractivity contribution in [2.75, 3.05) is 0 Å². The van der Waals surface area contributed by atoms with Gasteiger partial charge in [-0.3, -0.25) is 0 Å². The SMILES string of the molecule is CCCCCCCCc1ccc(O)cc1Cl. The Balaban J connectivity index is 2.21. The average molecular weight is 241 g/mol. The maximum atomic E-state index is 9.22. The van der Waals surface area contributed by atoms with Crippen LogP contribution < -0.4 is 0 Å². The first-order valence-corrected chi connectivity index (χ1v) is 6.59. The molecule has 16 heavy (non-hydrogen) atoms. The molecule has 0 spiro atoms. The Bertz CT molecular complexity index is 310. The van der Waals surface area contributed by atoms with E-state index in [1.807, 2.05) is 6.07 Å². The van der Waals surface area contributed by atoms with Crippen molar-refractivity contribution in [2.45, 2.75) is 51.9 Å². The summed E-state index contributed by atoms with van der Waals surface area (Å²) < 4.78 is 0. The molecule has 2 heteroatoms. The van der Waals surface area contributed by atoms with Crippen LogP contribution in [0.3, 0.4) is 0 Å². The van der Waals surface area contributed by atoms with E-state index in [0.29, 0.717) is 5.02 Å².